The third-order valence-electron chi connectivity index (χ3n) is 3.49. The summed E-state index contributed by atoms with van der Waals surface area (Å²) < 4.78 is 13.2. The molecule has 0 aromatic heterocycles. The highest BCUT2D eigenvalue weighted by Crippen LogP contribution is 2.13. The van der Waals surface area contributed by atoms with Crippen LogP contribution in [-0.4, -0.2) is 22.8 Å². The Hall–Kier alpha value is -3.29. The lowest BCUT2D eigenvalue weighted by molar-refractivity contribution is -0.384. The highest BCUT2D eigenvalue weighted by atomic mass is 19.1. The Kier molecular flexibility index (Phi) is 5.78. The molecule has 25 heavy (non-hydrogen) atoms. The molecule has 1 atom stereocenters. The summed E-state index contributed by atoms with van der Waals surface area (Å²) in [5.41, 5.74) is 6.11. The minimum absolute atomic E-state index is 0.0494. The molecule has 0 unspecified atom stereocenters. The van der Waals surface area contributed by atoms with Gasteiger partial charge in [-0.1, -0.05) is 24.3 Å². The monoisotopic (exact) mass is 345 g/mol. The van der Waals surface area contributed by atoms with Crippen molar-refractivity contribution in [2.75, 3.05) is 0 Å². The molecular weight excluding hydrogens is 329 g/mol. The number of nitro benzene ring substituents is 1. The van der Waals surface area contributed by atoms with E-state index in [2.05, 4.69) is 5.32 Å². The second kappa shape index (κ2) is 8.00. The highest BCUT2D eigenvalue weighted by molar-refractivity contribution is 5.87. The number of benzene rings is 2. The van der Waals surface area contributed by atoms with Crippen LogP contribution in [0.1, 0.15) is 11.1 Å². The molecule has 2 amide bonds. The van der Waals surface area contributed by atoms with E-state index >= 15 is 0 Å². The van der Waals surface area contributed by atoms with Crippen LogP contribution in [0.2, 0.25) is 0 Å². The van der Waals surface area contributed by atoms with Gasteiger partial charge in [-0.25, -0.2) is 4.39 Å². The van der Waals surface area contributed by atoms with E-state index in [-0.39, 0.29) is 18.5 Å². The van der Waals surface area contributed by atoms with E-state index in [0.29, 0.717) is 11.1 Å². The molecule has 0 aliphatic rings. The zero-order valence-corrected chi connectivity index (χ0v) is 13.1. The number of primary amides is 1. The minimum Gasteiger partial charge on any atom is -0.368 e. The van der Waals surface area contributed by atoms with E-state index in [0.717, 1.165) is 0 Å². The first-order valence-corrected chi connectivity index (χ1v) is 7.41. The SMILES string of the molecule is NC(=O)[C@@H](Cc1cccc(F)c1)NC(=O)Cc1cccc([N+](=O)[O-])c1. The first-order valence-electron chi connectivity index (χ1n) is 7.41. The summed E-state index contributed by atoms with van der Waals surface area (Å²) in [6.07, 6.45) is -0.0949. The van der Waals surface area contributed by atoms with Gasteiger partial charge in [0.25, 0.3) is 5.69 Å². The molecule has 0 bridgehead atoms. The number of halogens is 1. The molecule has 0 fully saturated rings. The fraction of sp³-hybridized carbons (Fsp3) is 0.176. The van der Waals surface area contributed by atoms with Crippen molar-refractivity contribution in [1.29, 1.82) is 0 Å². The number of nitrogens with two attached hydrogens (primary N) is 1. The van der Waals surface area contributed by atoms with E-state index in [9.17, 15) is 24.1 Å². The van der Waals surface area contributed by atoms with Gasteiger partial charge in [0.2, 0.25) is 11.8 Å². The van der Waals surface area contributed by atoms with Crippen molar-refractivity contribution in [2.45, 2.75) is 18.9 Å². The molecular formula is C17H16FN3O4. The fourth-order valence-electron chi connectivity index (χ4n) is 2.33. The van der Waals surface area contributed by atoms with E-state index in [1.54, 1.807) is 12.1 Å². The van der Waals surface area contributed by atoms with Gasteiger partial charge in [-0.2, -0.15) is 0 Å². The number of rotatable bonds is 7. The molecule has 0 saturated carbocycles. The molecule has 2 rings (SSSR count). The lowest BCUT2D eigenvalue weighted by Crippen LogP contribution is -2.46. The number of hydrogen-bond acceptors (Lipinski definition) is 4. The van der Waals surface area contributed by atoms with Crippen molar-refractivity contribution in [3.8, 4) is 0 Å². The Morgan fingerprint density at radius 2 is 1.84 bits per heavy atom. The predicted octanol–water partition coefficient (Wildman–Crippen LogP) is 1.49. The lowest BCUT2D eigenvalue weighted by Gasteiger charge is -2.15. The molecule has 0 radical (unpaired) electrons. The summed E-state index contributed by atoms with van der Waals surface area (Å²) in [5, 5.41) is 13.2. The van der Waals surface area contributed by atoms with Gasteiger partial charge in [0.05, 0.1) is 11.3 Å². The van der Waals surface area contributed by atoms with Crippen molar-refractivity contribution in [1.82, 2.24) is 5.32 Å². The average Bonchev–Trinajstić information content (AvgIpc) is 2.54. The number of non-ortho nitro benzene ring substituents is 1. The molecule has 2 aromatic rings. The van der Waals surface area contributed by atoms with Crippen molar-refractivity contribution in [2.24, 2.45) is 5.73 Å². The first-order chi connectivity index (χ1) is 11.8. The van der Waals surface area contributed by atoms with Gasteiger partial charge in [0.15, 0.2) is 0 Å². The number of nitro groups is 1. The Labute approximate surface area is 142 Å². The quantitative estimate of drug-likeness (QED) is 0.584. The molecule has 2 aromatic carbocycles. The number of nitrogens with one attached hydrogen (secondary N) is 1. The molecule has 0 aliphatic heterocycles. The van der Waals surface area contributed by atoms with Crippen LogP contribution in [0.25, 0.3) is 0 Å². The van der Waals surface area contributed by atoms with Gasteiger partial charge in [-0.15, -0.1) is 0 Å². The second-order valence-corrected chi connectivity index (χ2v) is 5.46. The third-order valence-corrected chi connectivity index (χ3v) is 3.49. The van der Waals surface area contributed by atoms with Crippen LogP contribution in [0.5, 0.6) is 0 Å². The van der Waals surface area contributed by atoms with E-state index in [1.165, 1.54) is 36.4 Å². The maximum absolute atomic E-state index is 13.2. The molecule has 8 heteroatoms. The molecule has 130 valence electrons. The van der Waals surface area contributed by atoms with E-state index in [4.69, 9.17) is 5.73 Å². The number of amides is 2. The average molecular weight is 345 g/mol. The lowest BCUT2D eigenvalue weighted by atomic mass is 10.0. The first kappa shape index (κ1) is 18.1. The standard InChI is InChI=1S/C17H16FN3O4/c18-13-5-1-3-11(7-13)9-15(17(19)23)20-16(22)10-12-4-2-6-14(8-12)21(24)25/h1-8,15H,9-10H2,(H2,19,23)(H,20,22)/t15-/m1/s1. The zero-order chi connectivity index (χ0) is 18.4. The van der Waals surface area contributed by atoms with Crippen LogP contribution < -0.4 is 11.1 Å². The fourth-order valence-corrected chi connectivity index (χ4v) is 2.33. The largest absolute Gasteiger partial charge is 0.368 e. The zero-order valence-electron chi connectivity index (χ0n) is 13.1. The number of hydrogen-bond donors (Lipinski definition) is 2. The highest BCUT2D eigenvalue weighted by Gasteiger charge is 2.19. The van der Waals surface area contributed by atoms with Crippen molar-refractivity contribution in [3.63, 3.8) is 0 Å². The molecule has 7 nitrogen and oxygen atoms in total. The molecule has 0 spiro atoms. The summed E-state index contributed by atoms with van der Waals surface area (Å²) in [7, 11) is 0. The summed E-state index contributed by atoms with van der Waals surface area (Å²) in [6.45, 7) is 0. The predicted molar refractivity (Wildman–Crippen MR) is 88.0 cm³/mol. The van der Waals surface area contributed by atoms with Crippen molar-refractivity contribution in [3.05, 3.63) is 75.6 Å². The number of carbonyl (C=O) groups excluding carboxylic acids is 2. The van der Waals surface area contributed by atoms with Crippen molar-refractivity contribution < 1.29 is 18.9 Å². The minimum atomic E-state index is -1.01. The van der Waals surface area contributed by atoms with Crippen LogP contribution in [0, 0.1) is 15.9 Å². The van der Waals surface area contributed by atoms with Crippen LogP contribution in [0.3, 0.4) is 0 Å². The van der Waals surface area contributed by atoms with Gasteiger partial charge in [-0.3, -0.25) is 19.7 Å². The van der Waals surface area contributed by atoms with Gasteiger partial charge in [0, 0.05) is 18.6 Å². The molecule has 3 N–H and O–H groups in total. The number of nitrogens with zero attached hydrogens (tertiary/aromatic N) is 1. The Morgan fingerprint density at radius 3 is 2.48 bits per heavy atom. The van der Waals surface area contributed by atoms with E-state index in [1.807, 2.05) is 0 Å². The van der Waals surface area contributed by atoms with Crippen LogP contribution in [0.4, 0.5) is 10.1 Å². The topological polar surface area (TPSA) is 115 Å². The van der Waals surface area contributed by atoms with Crippen LogP contribution in [-0.2, 0) is 22.4 Å². The molecule has 0 saturated heterocycles. The van der Waals surface area contributed by atoms with Gasteiger partial charge in [-0.05, 0) is 23.3 Å². The van der Waals surface area contributed by atoms with Crippen LogP contribution in [0.15, 0.2) is 48.5 Å². The Bertz CT molecular complexity index is 810. The Morgan fingerprint density at radius 1 is 1.16 bits per heavy atom. The van der Waals surface area contributed by atoms with Crippen LogP contribution >= 0.6 is 0 Å². The Balaban J connectivity index is 2.04. The summed E-state index contributed by atoms with van der Waals surface area (Å²) >= 11 is 0. The molecule has 0 aliphatic carbocycles. The number of carbonyl (C=O) groups is 2. The maximum Gasteiger partial charge on any atom is 0.269 e. The summed E-state index contributed by atoms with van der Waals surface area (Å²) in [4.78, 5) is 33.8. The third kappa shape index (κ3) is 5.38. The normalized spacial score (nSPS) is 11.6. The smallest absolute Gasteiger partial charge is 0.269 e. The van der Waals surface area contributed by atoms with Gasteiger partial charge >= 0.3 is 0 Å². The van der Waals surface area contributed by atoms with Crippen molar-refractivity contribution >= 4 is 17.5 Å². The van der Waals surface area contributed by atoms with Gasteiger partial charge in [0.1, 0.15) is 11.9 Å². The van der Waals surface area contributed by atoms with Gasteiger partial charge < -0.3 is 11.1 Å². The van der Waals surface area contributed by atoms with E-state index < -0.39 is 28.6 Å². The second-order valence-electron chi connectivity index (χ2n) is 5.46. The summed E-state index contributed by atoms with van der Waals surface area (Å²) in [6, 6.07) is 10.3. The molecule has 0 heterocycles. The summed E-state index contributed by atoms with van der Waals surface area (Å²) in [5.74, 6) is -1.72. The maximum atomic E-state index is 13.2.